The Morgan fingerprint density at radius 2 is 1.84 bits per heavy atom. The number of halogens is 1. The Kier molecular flexibility index (Phi) is 4.86. The van der Waals surface area contributed by atoms with Crippen molar-refractivity contribution in [1.29, 1.82) is 0 Å². The second-order valence-corrected chi connectivity index (χ2v) is 8.46. The molecule has 0 unspecified atom stereocenters. The van der Waals surface area contributed by atoms with Crippen molar-refractivity contribution in [3.8, 4) is 0 Å². The molecule has 3 N–H and O–H groups in total. The van der Waals surface area contributed by atoms with E-state index in [2.05, 4.69) is 5.32 Å². The van der Waals surface area contributed by atoms with Gasteiger partial charge in [-0.15, -0.1) is 0 Å². The van der Waals surface area contributed by atoms with Crippen LogP contribution in [0.1, 0.15) is 30.4 Å². The topological polar surface area (TPSA) is 89.3 Å². The molecular weight excluding hydrogens is 360 g/mol. The Hall–Kier alpha value is -1.89. The van der Waals surface area contributed by atoms with Crippen LogP contribution >= 0.6 is 11.6 Å². The van der Waals surface area contributed by atoms with Gasteiger partial charge in [0.1, 0.15) is 0 Å². The SMILES string of the molecule is NS(=O)(=O)Cc1ccc(NC(=O)C2(c3cccc(Cl)c3)CCC2)cc1. The third-order valence-corrected chi connectivity index (χ3v) is 5.57. The van der Waals surface area contributed by atoms with Crippen LogP contribution in [0.5, 0.6) is 0 Å². The van der Waals surface area contributed by atoms with E-state index in [1.54, 1.807) is 30.3 Å². The van der Waals surface area contributed by atoms with Gasteiger partial charge in [-0.2, -0.15) is 0 Å². The maximum Gasteiger partial charge on any atom is 0.235 e. The van der Waals surface area contributed by atoms with Crippen LogP contribution in [-0.2, 0) is 26.0 Å². The largest absolute Gasteiger partial charge is 0.325 e. The summed E-state index contributed by atoms with van der Waals surface area (Å²) in [5, 5.41) is 8.58. The van der Waals surface area contributed by atoms with Gasteiger partial charge in [0, 0.05) is 10.7 Å². The van der Waals surface area contributed by atoms with Crippen LogP contribution in [0.15, 0.2) is 48.5 Å². The number of hydrogen-bond donors (Lipinski definition) is 2. The number of anilines is 1. The lowest BCUT2D eigenvalue weighted by Crippen LogP contribution is -2.46. The Balaban J connectivity index is 1.77. The van der Waals surface area contributed by atoms with Crippen molar-refractivity contribution in [3.63, 3.8) is 0 Å². The number of sulfonamides is 1. The van der Waals surface area contributed by atoms with Crippen molar-refractivity contribution in [2.45, 2.75) is 30.4 Å². The molecule has 0 spiro atoms. The fourth-order valence-corrected chi connectivity index (χ4v) is 3.98. The molecule has 0 aliphatic heterocycles. The highest BCUT2D eigenvalue weighted by atomic mass is 35.5. The molecule has 0 atom stereocenters. The number of rotatable bonds is 5. The number of nitrogens with two attached hydrogens (primary N) is 1. The van der Waals surface area contributed by atoms with Crippen molar-refractivity contribution in [2.24, 2.45) is 5.14 Å². The van der Waals surface area contributed by atoms with Gasteiger partial charge in [-0.25, -0.2) is 13.6 Å². The van der Waals surface area contributed by atoms with Crippen molar-refractivity contribution in [1.82, 2.24) is 0 Å². The van der Waals surface area contributed by atoms with E-state index in [9.17, 15) is 13.2 Å². The quantitative estimate of drug-likeness (QED) is 0.837. The first kappa shape index (κ1) is 17.9. The van der Waals surface area contributed by atoms with E-state index in [0.29, 0.717) is 16.3 Å². The number of nitrogens with one attached hydrogen (secondary N) is 1. The van der Waals surface area contributed by atoms with E-state index in [0.717, 1.165) is 24.8 Å². The van der Waals surface area contributed by atoms with Gasteiger partial charge in [0.25, 0.3) is 0 Å². The first-order valence-electron chi connectivity index (χ1n) is 7.95. The summed E-state index contributed by atoms with van der Waals surface area (Å²) >= 11 is 6.08. The monoisotopic (exact) mass is 378 g/mol. The zero-order chi connectivity index (χ0) is 18.1. The van der Waals surface area contributed by atoms with Gasteiger partial charge < -0.3 is 5.32 Å². The summed E-state index contributed by atoms with van der Waals surface area (Å²) in [6.07, 6.45) is 2.55. The van der Waals surface area contributed by atoms with Crippen LogP contribution in [0.2, 0.25) is 5.02 Å². The maximum absolute atomic E-state index is 12.9. The van der Waals surface area contributed by atoms with E-state index < -0.39 is 15.4 Å². The van der Waals surface area contributed by atoms with Gasteiger partial charge >= 0.3 is 0 Å². The molecule has 1 aliphatic rings. The summed E-state index contributed by atoms with van der Waals surface area (Å²) in [5.41, 5.74) is 1.57. The highest BCUT2D eigenvalue weighted by Crippen LogP contribution is 2.45. The third kappa shape index (κ3) is 4.03. The molecule has 0 saturated heterocycles. The molecule has 1 saturated carbocycles. The first-order valence-corrected chi connectivity index (χ1v) is 10.0. The highest BCUT2D eigenvalue weighted by molar-refractivity contribution is 7.88. The molecule has 5 nitrogen and oxygen atoms in total. The van der Waals surface area contributed by atoms with Crippen LogP contribution in [0.25, 0.3) is 0 Å². The van der Waals surface area contributed by atoms with Crippen molar-refractivity contribution >= 4 is 33.2 Å². The van der Waals surface area contributed by atoms with Crippen LogP contribution < -0.4 is 10.5 Å². The lowest BCUT2D eigenvalue weighted by atomic mass is 9.64. The fourth-order valence-electron chi connectivity index (χ4n) is 3.13. The molecular formula is C18H19ClN2O3S. The Morgan fingerprint density at radius 3 is 2.36 bits per heavy atom. The van der Waals surface area contributed by atoms with Crippen molar-refractivity contribution in [2.75, 3.05) is 5.32 Å². The summed E-state index contributed by atoms with van der Waals surface area (Å²) < 4.78 is 22.2. The van der Waals surface area contributed by atoms with Crippen molar-refractivity contribution < 1.29 is 13.2 Å². The molecule has 1 amide bonds. The van der Waals surface area contributed by atoms with E-state index in [1.807, 2.05) is 18.2 Å². The van der Waals surface area contributed by atoms with Crippen LogP contribution in [-0.4, -0.2) is 14.3 Å². The van der Waals surface area contributed by atoms with Crippen LogP contribution in [0, 0.1) is 0 Å². The molecule has 2 aromatic rings. The molecule has 0 bridgehead atoms. The second-order valence-electron chi connectivity index (χ2n) is 6.40. The second kappa shape index (κ2) is 6.78. The van der Waals surface area contributed by atoms with Gasteiger partial charge in [-0.05, 0) is 48.2 Å². The van der Waals surface area contributed by atoms with E-state index in [4.69, 9.17) is 16.7 Å². The molecule has 0 heterocycles. The summed E-state index contributed by atoms with van der Waals surface area (Å²) in [6, 6.07) is 14.1. The lowest BCUT2D eigenvalue weighted by molar-refractivity contribution is -0.124. The maximum atomic E-state index is 12.9. The minimum absolute atomic E-state index is 0.0692. The minimum Gasteiger partial charge on any atom is -0.325 e. The molecule has 1 fully saturated rings. The molecule has 7 heteroatoms. The third-order valence-electron chi connectivity index (χ3n) is 4.60. The van der Waals surface area contributed by atoms with Crippen LogP contribution in [0.4, 0.5) is 5.69 Å². The predicted molar refractivity (Wildman–Crippen MR) is 98.9 cm³/mol. The van der Waals surface area contributed by atoms with Crippen LogP contribution in [0.3, 0.4) is 0 Å². The number of amides is 1. The molecule has 25 heavy (non-hydrogen) atoms. The van der Waals surface area contributed by atoms with E-state index >= 15 is 0 Å². The van der Waals surface area contributed by atoms with Gasteiger partial charge in [-0.3, -0.25) is 4.79 Å². The summed E-state index contributed by atoms with van der Waals surface area (Å²) in [7, 11) is -3.57. The summed E-state index contributed by atoms with van der Waals surface area (Å²) in [5.74, 6) is -0.298. The normalized spacial score (nSPS) is 16.1. The van der Waals surface area contributed by atoms with Gasteiger partial charge in [0.05, 0.1) is 11.2 Å². The number of primary sulfonamides is 1. The fraction of sp³-hybridized carbons (Fsp3) is 0.278. The Labute approximate surface area is 152 Å². The molecule has 132 valence electrons. The lowest BCUT2D eigenvalue weighted by Gasteiger charge is -2.40. The Bertz CT molecular complexity index is 891. The average Bonchev–Trinajstić information content (AvgIpc) is 2.47. The number of hydrogen-bond acceptors (Lipinski definition) is 3. The molecule has 0 aromatic heterocycles. The van der Waals surface area contributed by atoms with Gasteiger partial charge in [-0.1, -0.05) is 42.3 Å². The number of carbonyl (C=O) groups is 1. The molecule has 3 rings (SSSR count). The van der Waals surface area contributed by atoms with Crippen molar-refractivity contribution in [3.05, 3.63) is 64.7 Å². The minimum atomic E-state index is -3.57. The Morgan fingerprint density at radius 1 is 1.16 bits per heavy atom. The summed E-state index contributed by atoms with van der Waals surface area (Å²) in [6.45, 7) is 0. The predicted octanol–water partition coefficient (Wildman–Crippen LogP) is 3.19. The zero-order valence-electron chi connectivity index (χ0n) is 13.5. The van der Waals surface area contributed by atoms with E-state index in [-0.39, 0.29) is 11.7 Å². The molecule has 1 aliphatic carbocycles. The highest BCUT2D eigenvalue weighted by Gasteiger charge is 2.45. The van der Waals surface area contributed by atoms with Gasteiger partial charge in [0.15, 0.2) is 0 Å². The standard InChI is InChI=1S/C18H19ClN2O3S/c19-15-4-1-3-14(11-15)18(9-2-10-18)17(22)21-16-7-5-13(6-8-16)12-25(20,23)24/h1,3-8,11H,2,9-10,12H2,(H,21,22)(H2,20,23,24). The molecule has 2 aromatic carbocycles. The zero-order valence-corrected chi connectivity index (χ0v) is 15.1. The van der Waals surface area contributed by atoms with E-state index in [1.165, 1.54) is 0 Å². The first-order chi connectivity index (χ1) is 11.8. The number of benzene rings is 2. The average molecular weight is 379 g/mol. The summed E-state index contributed by atoms with van der Waals surface area (Å²) in [4.78, 5) is 12.9. The number of carbonyl (C=O) groups excluding carboxylic acids is 1. The van der Waals surface area contributed by atoms with Gasteiger partial charge in [0.2, 0.25) is 15.9 Å². The smallest absolute Gasteiger partial charge is 0.235 e. The molecule has 0 radical (unpaired) electrons.